The molecule has 0 aromatic heterocycles. The molecule has 0 aliphatic rings. The van der Waals surface area contributed by atoms with E-state index in [1.807, 2.05) is 0 Å². The Morgan fingerprint density at radius 1 is 1.21 bits per heavy atom. The molecular weight excluding hydrogens is 200 g/mol. The Bertz CT molecular complexity index is 243. The number of aliphatic carboxylic acids is 2. The van der Waals surface area contributed by atoms with E-state index in [1.165, 1.54) is 0 Å². The van der Waals surface area contributed by atoms with Crippen molar-refractivity contribution in [1.29, 1.82) is 0 Å². The number of rotatable bonds is 4. The molecule has 8 nitrogen and oxygen atoms in total. The summed E-state index contributed by atoms with van der Waals surface area (Å²) in [6, 6.07) is 0. The lowest BCUT2D eigenvalue weighted by molar-refractivity contribution is -0.185. The van der Waals surface area contributed by atoms with Crippen LogP contribution in [0.5, 0.6) is 0 Å². The molecule has 0 heterocycles. The number of carbonyl (C=O) groups excluding carboxylic acids is 1. The summed E-state index contributed by atoms with van der Waals surface area (Å²) >= 11 is 0. The minimum Gasteiger partial charge on any atom is -0.479 e. The summed E-state index contributed by atoms with van der Waals surface area (Å²) in [4.78, 5) is 31.0. The van der Waals surface area contributed by atoms with Gasteiger partial charge in [0.15, 0.2) is 11.9 Å². The van der Waals surface area contributed by atoms with Crippen molar-refractivity contribution in [3.63, 3.8) is 0 Å². The number of aliphatic hydroxyl groups is 2. The zero-order chi connectivity index (χ0) is 10.8. The Kier molecular flexibility index (Phi) is 4.98. The van der Waals surface area contributed by atoms with Crippen LogP contribution in [0.2, 0.25) is 0 Å². The molecule has 2 unspecified atom stereocenters. The van der Waals surface area contributed by atoms with Gasteiger partial charge in [-0.3, -0.25) is 4.79 Å². The minimum absolute atomic E-state index is 0. The number of hydrogen-bond acceptors (Lipinski definition) is 5. The standard InChI is InChI=1S/C6H8O7.H2O/c1-2(7)6(13,5(11)12)3(8)4(9)10;/h3,8,13H,1H3,(H,9,10)(H,11,12);1H2. The molecule has 0 spiro atoms. The van der Waals surface area contributed by atoms with E-state index in [0.29, 0.717) is 6.92 Å². The van der Waals surface area contributed by atoms with Crippen LogP contribution in [0.25, 0.3) is 0 Å². The van der Waals surface area contributed by atoms with Crippen molar-refractivity contribution in [2.24, 2.45) is 0 Å². The van der Waals surface area contributed by atoms with Gasteiger partial charge in [0.25, 0.3) is 5.60 Å². The third-order valence-electron chi connectivity index (χ3n) is 1.49. The van der Waals surface area contributed by atoms with E-state index in [0.717, 1.165) is 0 Å². The highest BCUT2D eigenvalue weighted by molar-refractivity contribution is 6.09. The number of carboxylic acid groups (broad SMARTS) is 2. The third-order valence-corrected chi connectivity index (χ3v) is 1.49. The largest absolute Gasteiger partial charge is 0.479 e. The summed E-state index contributed by atoms with van der Waals surface area (Å²) < 4.78 is 0. The van der Waals surface area contributed by atoms with E-state index in [1.54, 1.807) is 0 Å². The van der Waals surface area contributed by atoms with E-state index in [2.05, 4.69) is 0 Å². The maximum Gasteiger partial charge on any atom is 0.347 e. The molecule has 0 aromatic rings. The molecule has 0 aromatic carbocycles. The van der Waals surface area contributed by atoms with Crippen LogP contribution < -0.4 is 0 Å². The average Bonchev–Trinajstić information content (AvgIpc) is 2.00. The molecule has 6 N–H and O–H groups in total. The van der Waals surface area contributed by atoms with Crippen LogP contribution in [0.15, 0.2) is 0 Å². The first-order chi connectivity index (χ1) is 5.74. The first kappa shape index (κ1) is 15.0. The highest BCUT2D eigenvalue weighted by atomic mass is 16.4. The van der Waals surface area contributed by atoms with Gasteiger partial charge in [-0.05, 0) is 6.92 Å². The molecule has 8 heteroatoms. The number of Topliss-reactive ketones (excluding diaryl/α,β-unsaturated/α-hetero) is 1. The number of hydrogen-bond donors (Lipinski definition) is 4. The van der Waals surface area contributed by atoms with E-state index < -0.39 is 29.4 Å². The van der Waals surface area contributed by atoms with Crippen LogP contribution >= 0.6 is 0 Å². The predicted molar refractivity (Wildman–Crippen MR) is 40.5 cm³/mol. The van der Waals surface area contributed by atoms with Gasteiger partial charge >= 0.3 is 11.9 Å². The van der Waals surface area contributed by atoms with Gasteiger partial charge in [0.2, 0.25) is 0 Å². The predicted octanol–water partition coefficient (Wildman–Crippen LogP) is -2.99. The molecule has 0 saturated heterocycles. The van der Waals surface area contributed by atoms with E-state index in [-0.39, 0.29) is 5.48 Å². The molecule has 0 rings (SSSR count). The minimum atomic E-state index is -3.29. The number of carboxylic acids is 2. The van der Waals surface area contributed by atoms with Gasteiger partial charge in [-0.25, -0.2) is 9.59 Å². The molecule has 0 amide bonds. The van der Waals surface area contributed by atoms with Crippen molar-refractivity contribution in [1.82, 2.24) is 0 Å². The first-order valence-corrected chi connectivity index (χ1v) is 3.12. The quantitative estimate of drug-likeness (QED) is 0.359. The zero-order valence-corrected chi connectivity index (χ0v) is 7.09. The van der Waals surface area contributed by atoms with Crippen molar-refractivity contribution in [3.8, 4) is 0 Å². The van der Waals surface area contributed by atoms with Crippen molar-refractivity contribution in [2.75, 3.05) is 0 Å². The molecule has 0 aliphatic carbocycles. The highest BCUT2D eigenvalue weighted by Gasteiger charge is 2.52. The first-order valence-electron chi connectivity index (χ1n) is 3.12. The van der Waals surface area contributed by atoms with Crippen LogP contribution in [-0.4, -0.2) is 55.3 Å². The van der Waals surface area contributed by atoms with Crippen molar-refractivity contribution in [2.45, 2.75) is 18.6 Å². The third kappa shape index (κ3) is 2.25. The summed E-state index contributed by atoms with van der Waals surface area (Å²) in [5.74, 6) is -5.44. The summed E-state index contributed by atoms with van der Waals surface area (Å²) in [5, 5.41) is 34.3. The molecule has 82 valence electrons. The maximum atomic E-state index is 10.6. The average molecular weight is 210 g/mol. The number of aliphatic hydroxyl groups excluding tert-OH is 1. The van der Waals surface area contributed by atoms with Crippen molar-refractivity contribution >= 4 is 17.7 Å². The Morgan fingerprint density at radius 3 is 1.64 bits per heavy atom. The lowest BCUT2D eigenvalue weighted by atomic mass is 9.92. The van der Waals surface area contributed by atoms with Gasteiger partial charge in [-0.2, -0.15) is 0 Å². The molecule has 0 bridgehead atoms. The van der Waals surface area contributed by atoms with Gasteiger partial charge in [0.1, 0.15) is 0 Å². The summed E-state index contributed by atoms with van der Waals surface area (Å²) in [6.07, 6.45) is -2.68. The zero-order valence-electron chi connectivity index (χ0n) is 7.09. The van der Waals surface area contributed by atoms with E-state index in [4.69, 9.17) is 20.4 Å². The second-order valence-electron chi connectivity index (χ2n) is 2.37. The molecule has 0 fully saturated rings. The Hall–Kier alpha value is -1.51. The van der Waals surface area contributed by atoms with Crippen LogP contribution in [-0.2, 0) is 14.4 Å². The second kappa shape index (κ2) is 4.65. The summed E-state index contributed by atoms with van der Waals surface area (Å²) in [5.41, 5.74) is -3.29. The van der Waals surface area contributed by atoms with Crippen LogP contribution in [0.1, 0.15) is 6.92 Å². The van der Waals surface area contributed by atoms with Crippen LogP contribution in [0.4, 0.5) is 0 Å². The fourth-order valence-corrected chi connectivity index (χ4v) is 0.639. The molecule has 0 saturated carbocycles. The van der Waals surface area contributed by atoms with Crippen molar-refractivity contribution in [3.05, 3.63) is 0 Å². The van der Waals surface area contributed by atoms with Gasteiger partial charge in [0.05, 0.1) is 0 Å². The Morgan fingerprint density at radius 2 is 1.57 bits per heavy atom. The molecule has 0 aliphatic heterocycles. The topological polar surface area (TPSA) is 164 Å². The van der Waals surface area contributed by atoms with Gasteiger partial charge in [-0.1, -0.05) is 0 Å². The normalized spacial score (nSPS) is 15.9. The van der Waals surface area contributed by atoms with Gasteiger partial charge in [-0.15, -0.1) is 0 Å². The van der Waals surface area contributed by atoms with Gasteiger partial charge < -0.3 is 25.9 Å². The monoisotopic (exact) mass is 210 g/mol. The van der Waals surface area contributed by atoms with E-state index >= 15 is 0 Å². The summed E-state index contributed by atoms with van der Waals surface area (Å²) in [7, 11) is 0. The maximum absolute atomic E-state index is 10.6. The molecule has 14 heavy (non-hydrogen) atoms. The van der Waals surface area contributed by atoms with Crippen molar-refractivity contribution < 1.29 is 40.3 Å². The number of ketones is 1. The fraction of sp³-hybridized carbons (Fsp3) is 0.500. The van der Waals surface area contributed by atoms with E-state index in [9.17, 15) is 14.4 Å². The SMILES string of the molecule is CC(=O)C(O)(C(=O)O)C(O)C(=O)O.O. The molecule has 2 atom stereocenters. The molecular formula is C6H10O8. The fourth-order valence-electron chi connectivity index (χ4n) is 0.639. The van der Waals surface area contributed by atoms with Gasteiger partial charge in [0, 0.05) is 0 Å². The second-order valence-corrected chi connectivity index (χ2v) is 2.37. The molecule has 0 radical (unpaired) electrons. The lowest BCUT2D eigenvalue weighted by Crippen LogP contribution is -2.58. The lowest BCUT2D eigenvalue weighted by Gasteiger charge is -2.22. The Labute approximate surface area is 77.7 Å². The Balaban J connectivity index is 0. The highest BCUT2D eigenvalue weighted by Crippen LogP contribution is 2.13. The van der Waals surface area contributed by atoms with Crippen LogP contribution in [0.3, 0.4) is 0 Å². The smallest absolute Gasteiger partial charge is 0.347 e. The number of carbonyl (C=O) groups is 3. The summed E-state index contributed by atoms with van der Waals surface area (Å²) in [6.45, 7) is 0.667. The van der Waals surface area contributed by atoms with Crippen LogP contribution in [0, 0.1) is 0 Å².